The SMILES string of the molecule is Cc1cnc(Nc2ccnn2C)nc1-c1cn2c(n1)C(=O)N(Cc1cccc(C(F)(F)F)n1)[C@@H](C)C2. The molecule has 0 bridgehead atoms. The van der Waals surface area contributed by atoms with E-state index in [1.807, 2.05) is 13.8 Å². The van der Waals surface area contributed by atoms with E-state index < -0.39 is 11.9 Å². The maximum atomic E-state index is 13.3. The summed E-state index contributed by atoms with van der Waals surface area (Å²) in [7, 11) is 1.79. The number of hydrogen-bond acceptors (Lipinski definition) is 7. The largest absolute Gasteiger partial charge is 0.433 e. The molecule has 186 valence electrons. The Morgan fingerprint density at radius 1 is 1.17 bits per heavy atom. The monoisotopic (exact) mass is 497 g/mol. The first-order valence-corrected chi connectivity index (χ1v) is 11.1. The first-order valence-electron chi connectivity index (χ1n) is 11.1. The molecule has 0 aliphatic carbocycles. The van der Waals surface area contributed by atoms with Gasteiger partial charge in [0.25, 0.3) is 5.91 Å². The van der Waals surface area contributed by atoms with Gasteiger partial charge in [0.2, 0.25) is 5.95 Å². The van der Waals surface area contributed by atoms with Crippen molar-refractivity contribution in [3.63, 3.8) is 0 Å². The fraction of sp³-hybridized carbons (Fsp3) is 0.304. The van der Waals surface area contributed by atoms with Crippen LogP contribution in [-0.2, 0) is 26.3 Å². The van der Waals surface area contributed by atoms with E-state index in [1.54, 1.807) is 41.0 Å². The second kappa shape index (κ2) is 8.73. The molecule has 0 fully saturated rings. The number of imidazole rings is 1. The summed E-state index contributed by atoms with van der Waals surface area (Å²) in [5.41, 5.74) is 0.991. The van der Waals surface area contributed by atoms with Crippen LogP contribution in [-0.4, -0.2) is 51.1 Å². The molecule has 5 heterocycles. The van der Waals surface area contributed by atoms with Crippen LogP contribution < -0.4 is 5.32 Å². The number of amides is 1. The number of aromatic nitrogens is 7. The maximum Gasteiger partial charge on any atom is 0.433 e. The van der Waals surface area contributed by atoms with E-state index in [4.69, 9.17) is 0 Å². The van der Waals surface area contributed by atoms with Crippen molar-refractivity contribution < 1.29 is 18.0 Å². The highest BCUT2D eigenvalue weighted by molar-refractivity contribution is 5.92. The second-order valence-corrected chi connectivity index (χ2v) is 8.59. The van der Waals surface area contributed by atoms with Crippen LogP contribution in [0.15, 0.2) is 42.9 Å². The van der Waals surface area contributed by atoms with Crippen LogP contribution in [0.4, 0.5) is 24.9 Å². The molecule has 1 aliphatic rings. The number of alkyl halides is 3. The number of nitrogens with one attached hydrogen (secondary N) is 1. The molecule has 13 heteroatoms. The van der Waals surface area contributed by atoms with Crippen molar-refractivity contribution in [2.45, 2.75) is 39.2 Å². The summed E-state index contributed by atoms with van der Waals surface area (Å²) in [6, 6.07) is 5.18. The highest BCUT2D eigenvalue weighted by atomic mass is 19.4. The zero-order chi connectivity index (χ0) is 25.6. The third-order valence-electron chi connectivity index (χ3n) is 5.93. The van der Waals surface area contributed by atoms with Gasteiger partial charge in [0.15, 0.2) is 5.82 Å². The zero-order valence-corrected chi connectivity index (χ0v) is 19.7. The van der Waals surface area contributed by atoms with E-state index in [1.165, 1.54) is 17.0 Å². The average molecular weight is 497 g/mol. The van der Waals surface area contributed by atoms with Crippen LogP contribution in [0.25, 0.3) is 11.4 Å². The molecular formula is C23H22F3N9O. The average Bonchev–Trinajstić information content (AvgIpc) is 3.43. The first-order chi connectivity index (χ1) is 17.1. The lowest BCUT2D eigenvalue weighted by Gasteiger charge is -2.33. The number of carbonyl (C=O) groups is 1. The molecule has 4 aromatic rings. The Labute approximate surface area is 203 Å². The first kappa shape index (κ1) is 23.5. The molecular weight excluding hydrogens is 475 g/mol. The van der Waals surface area contributed by atoms with Gasteiger partial charge in [0, 0.05) is 38.1 Å². The van der Waals surface area contributed by atoms with Crippen molar-refractivity contribution in [1.29, 1.82) is 0 Å². The minimum absolute atomic E-state index is 0.0581. The van der Waals surface area contributed by atoms with E-state index >= 15 is 0 Å². The van der Waals surface area contributed by atoms with Crippen LogP contribution in [0.1, 0.15) is 34.5 Å². The van der Waals surface area contributed by atoms with Gasteiger partial charge in [-0.25, -0.2) is 19.9 Å². The molecule has 0 spiro atoms. The summed E-state index contributed by atoms with van der Waals surface area (Å²) >= 11 is 0. The second-order valence-electron chi connectivity index (χ2n) is 8.59. The van der Waals surface area contributed by atoms with Crippen LogP contribution in [0.3, 0.4) is 0 Å². The molecule has 0 aromatic carbocycles. The van der Waals surface area contributed by atoms with Gasteiger partial charge in [0.1, 0.15) is 17.2 Å². The van der Waals surface area contributed by atoms with Gasteiger partial charge < -0.3 is 14.8 Å². The summed E-state index contributed by atoms with van der Waals surface area (Å²) in [6.07, 6.45) is 0.509. The number of rotatable bonds is 5. The van der Waals surface area contributed by atoms with E-state index in [0.717, 1.165) is 11.6 Å². The van der Waals surface area contributed by atoms with Crippen molar-refractivity contribution in [1.82, 2.24) is 39.2 Å². The number of anilines is 2. The number of halogens is 3. The van der Waals surface area contributed by atoms with Crippen molar-refractivity contribution >= 4 is 17.7 Å². The molecule has 0 radical (unpaired) electrons. The standard InChI is InChI=1S/C23H22F3N9O/c1-13-9-27-22(31-18-7-8-28-33(18)3)32-19(13)16-12-34-10-14(2)35(21(36)20(34)30-16)11-15-5-4-6-17(29-15)23(24,25)26/h4-9,12,14H,10-11H2,1-3H3,(H,27,31,32)/t14-/m0/s1. The summed E-state index contributed by atoms with van der Waals surface area (Å²) in [5.74, 6) is 0.854. The number of pyridine rings is 1. The van der Waals surface area contributed by atoms with Gasteiger partial charge in [-0.2, -0.15) is 18.3 Å². The van der Waals surface area contributed by atoms with Gasteiger partial charge in [0.05, 0.1) is 24.1 Å². The third kappa shape index (κ3) is 4.39. The van der Waals surface area contributed by atoms with Gasteiger partial charge in [-0.15, -0.1) is 0 Å². The molecule has 0 unspecified atom stereocenters. The van der Waals surface area contributed by atoms with E-state index in [0.29, 0.717) is 29.7 Å². The fourth-order valence-electron chi connectivity index (χ4n) is 4.05. The lowest BCUT2D eigenvalue weighted by Crippen LogP contribution is -2.46. The predicted octanol–water partition coefficient (Wildman–Crippen LogP) is 3.58. The molecule has 0 saturated heterocycles. The molecule has 1 atom stereocenters. The smallest absolute Gasteiger partial charge is 0.326 e. The normalized spacial score (nSPS) is 15.8. The molecule has 36 heavy (non-hydrogen) atoms. The quantitative estimate of drug-likeness (QED) is 0.449. The van der Waals surface area contributed by atoms with Gasteiger partial charge >= 0.3 is 6.18 Å². The Kier molecular flexibility index (Phi) is 5.69. The molecule has 1 N–H and O–H groups in total. The van der Waals surface area contributed by atoms with E-state index in [-0.39, 0.29) is 30.0 Å². The van der Waals surface area contributed by atoms with Gasteiger partial charge in [-0.3, -0.25) is 9.48 Å². The topological polar surface area (TPSA) is 107 Å². The Balaban J connectivity index is 1.42. The summed E-state index contributed by atoms with van der Waals surface area (Å²) in [4.78, 5) is 31.9. The van der Waals surface area contributed by atoms with Crippen LogP contribution in [0.5, 0.6) is 0 Å². The Morgan fingerprint density at radius 2 is 1.97 bits per heavy atom. The molecule has 1 aliphatic heterocycles. The Hall–Kier alpha value is -4.29. The van der Waals surface area contributed by atoms with Crippen molar-refractivity contribution in [2.24, 2.45) is 7.05 Å². The summed E-state index contributed by atoms with van der Waals surface area (Å²) < 4.78 is 42.6. The van der Waals surface area contributed by atoms with E-state index in [9.17, 15) is 18.0 Å². The Morgan fingerprint density at radius 3 is 2.69 bits per heavy atom. The maximum absolute atomic E-state index is 13.3. The lowest BCUT2D eigenvalue weighted by atomic mass is 10.2. The highest BCUT2D eigenvalue weighted by Gasteiger charge is 2.35. The number of hydrogen-bond donors (Lipinski definition) is 1. The molecule has 10 nitrogen and oxygen atoms in total. The van der Waals surface area contributed by atoms with Crippen LogP contribution in [0.2, 0.25) is 0 Å². The van der Waals surface area contributed by atoms with Crippen molar-refractivity contribution in [3.8, 4) is 11.4 Å². The third-order valence-corrected chi connectivity index (χ3v) is 5.93. The lowest BCUT2D eigenvalue weighted by molar-refractivity contribution is -0.141. The van der Waals surface area contributed by atoms with E-state index in [2.05, 4.69) is 30.4 Å². The molecule has 0 saturated carbocycles. The number of carbonyl (C=O) groups excluding carboxylic acids is 1. The van der Waals surface area contributed by atoms with Crippen LogP contribution >= 0.6 is 0 Å². The summed E-state index contributed by atoms with van der Waals surface area (Å²) in [6.45, 7) is 4.05. The number of aryl methyl sites for hydroxylation is 2. The molecule has 1 amide bonds. The van der Waals surface area contributed by atoms with Crippen molar-refractivity contribution in [2.75, 3.05) is 5.32 Å². The minimum Gasteiger partial charge on any atom is -0.326 e. The number of nitrogens with zero attached hydrogens (tertiary/aromatic N) is 8. The minimum atomic E-state index is -4.56. The molecule has 4 aromatic heterocycles. The van der Waals surface area contributed by atoms with Gasteiger partial charge in [-0.05, 0) is 31.5 Å². The fourth-order valence-corrected chi connectivity index (χ4v) is 4.05. The van der Waals surface area contributed by atoms with Crippen LogP contribution in [0, 0.1) is 6.92 Å². The zero-order valence-electron chi connectivity index (χ0n) is 19.7. The highest BCUT2D eigenvalue weighted by Crippen LogP contribution is 2.29. The summed E-state index contributed by atoms with van der Waals surface area (Å²) in [5, 5.41) is 7.20. The predicted molar refractivity (Wildman–Crippen MR) is 123 cm³/mol. The van der Waals surface area contributed by atoms with Gasteiger partial charge in [-0.1, -0.05) is 6.07 Å². The Bertz CT molecular complexity index is 1440. The van der Waals surface area contributed by atoms with Crippen molar-refractivity contribution in [3.05, 3.63) is 65.6 Å². The molecule has 5 rings (SSSR count). The number of fused-ring (bicyclic) bond motifs is 1.